The van der Waals surface area contributed by atoms with Gasteiger partial charge in [-0.15, -0.1) is 0 Å². The van der Waals surface area contributed by atoms with Gasteiger partial charge in [0.05, 0.1) is 0 Å². The average Bonchev–Trinajstić information content (AvgIpc) is 2.86. The van der Waals surface area contributed by atoms with Crippen molar-refractivity contribution in [2.24, 2.45) is 5.92 Å². The number of anilines is 1. The van der Waals surface area contributed by atoms with E-state index in [-0.39, 0.29) is 0 Å². The maximum Gasteiger partial charge on any atom is 0.328 e. The van der Waals surface area contributed by atoms with Gasteiger partial charge >= 0.3 is 5.97 Å². The van der Waals surface area contributed by atoms with E-state index in [0.717, 1.165) is 36.5 Å². The Morgan fingerprint density at radius 2 is 2.42 bits per heavy atom. The van der Waals surface area contributed by atoms with E-state index >= 15 is 0 Å². The van der Waals surface area contributed by atoms with E-state index < -0.39 is 5.97 Å². The number of aliphatic carboxylic acids is 1. The predicted molar refractivity (Wildman–Crippen MR) is 76.1 cm³/mol. The topological polar surface area (TPSA) is 53.4 Å². The summed E-state index contributed by atoms with van der Waals surface area (Å²) >= 11 is 0. The fourth-order valence-corrected chi connectivity index (χ4v) is 2.54. The normalized spacial score (nSPS) is 19.2. The van der Waals surface area contributed by atoms with Crippen LogP contribution < -0.4 is 4.90 Å². The van der Waals surface area contributed by atoms with Crippen LogP contribution in [0, 0.1) is 5.92 Å². The lowest BCUT2D eigenvalue weighted by atomic mass is 10.0. The summed E-state index contributed by atoms with van der Waals surface area (Å²) in [6.45, 7) is 4.39. The fraction of sp³-hybridized carbons (Fsp3) is 0.467. The molecular weight excluding hydrogens is 240 g/mol. The number of rotatable bonds is 5. The highest BCUT2D eigenvalue weighted by Gasteiger charge is 2.22. The van der Waals surface area contributed by atoms with Gasteiger partial charge in [-0.1, -0.05) is 13.3 Å². The molecule has 0 aromatic carbocycles. The second-order valence-electron chi connectivity index (χ2n) is 5.01. The number of carboxylic acids is 1. The molecular formula is C15H20N2O2. The van der Waals surface area contributed by atoms with Crippen molar-refractivity contribution < 1.29 is 9.90 Å². The van der Waals surface area contributed by atoms with Crippen LogP contribution in [-0.4, -0.2) is 29.1 Å². The zero-order chi connectivity index (χ0) is 13.7. The number of nitrogens with zero attached hydrogens (tertiary/aromatic N) is 2. The smallest absolute Gasteiger partial charge is 0.328 e. The third-order valence-electron chi connectivity index (χ3n) is 3.50. The van der Waals surface area contributed by atoms with Gasteiger partial charge in [-0.05, 0) is 42.5 Å². The van der Waals surface area contributed by atoms with Gasteiger partial charge in [0.1, 0.15) is 5.82 Å². The first-order valence-corrected chi connectivity index (χ1v) is 6.81. The van der Waals surface area contributed by atoms with Crippen LogP contribution in [0.15, 0.2) is 24.4 Å². The molecule has 1 unspecified atom stereocenters. The molecule has 4 nitrogen and oxygen atoms in total. The van der Waals surface area contributed by atoms with Crippen LogP contribution in [0.5, 0.6) is 0 Å². The van der Waals surface area contributed by atoms with Crippen molar-refractivity contribution >= 4 is 17.9 Å². The van der Waals surface area contributed by atoms with E-state index in [1.165, 1.54) is 19.3 Å². The van der Waals surface area contributed by atoms with Crippen molar-refractivity contribution in [2.75, 3.05) is 18.0 Å². The maximum absolute atomic E-state index is 10.4. The molecule has 1 N–H and O–H groups in total. The van der Waals surface area contributed by atoms with Gasteiger partial charge in [0.25, 0.3) is 0 Å². The van der Waals surface area contributed by atoms with E-state index in [4.69, 9.17) is 5.11 Å². The Labute approximate surface area is 113 Å². The van der Waals surface area contributed by atoms with Crippen molar-refractivity contribution in [3.05, 3.63) is 30.0 Å². The zero-order valence-electron chi connectivity index (χ0n) is 11.2. The summed E-state index contributed by atoms with van der Waals surface area (Å²) in [7, 11) is 0. The van der Waals surface area contributed by atoms with Crippen LogP contribution in [0.1, 0.15) is 31.7 Å². The number of carbonyl (C=O) groups is 1. The first kappa shape index (κ1) is 13.6. The molecule has 1 fully saturated rings. The standard InChI is InChI=1S/C15H20N2O2/c1-2-3-13-8-9-17(11-13)14-6-4-12(10-16-14)5-7-15(18)19/h4-7,10,13H,2-3,8-9,11H2,1H3,(H,18,19)/b7-5+. The van der Waals surface area contributed by atoms with Gasteiger partial charge < -0.3 is 10.0 Å². The quantitative estimate of drug-likeness (QED) is 0.827. The van der Waals surface area contributed by atoms with Gasteiger partial charge in [-0.25, -0.2) is 9.78 Å². The summed E-state index contributed by atoms with van der Waals surface area (Å²) in [5.41, 5.74) is 0.815. The lowest BCUT2D eigenvalue weighted by molar-refractivity contribution is -0.131. The van der Waals surface area contributed by atoms with Crippen LogP contribution >= 0.6 is 0 Å². The molecule has 1 aliphatic rings. The molecule has 0 saturated carbocycles. The van der Waals surface area contributed by atoms with Gasteiger partial charge in [-0.2, -0.15) is 0 Å². The largest absolute Gasteiger partial charge is 0.478 e. The van der Waals surface area contributed by atoms with Gasteiger partial charge in [-0.3, -0.25) is 0 Å². The minimum Gasteiger partial charge on any atom is -0.478 e. The Morgan fingerprint density at radius 1 is 1.58 bits per heavy atom. The summed E-state index contributed by atoms with van der Waals surface area (Å²) in [4.78, 5) is 17.2. The van der Waals surface area contributed by atoms with Crippen molar-refractivity contribution in [1.82, 2.24) is 4.98 Å². The molecule has 0 radical (unpaired) electrons. The summed E-state index contributed by atoms with van der Waals surface area (Å²) < 4.78 is 0. The molecule has 19 heavy (non-hydrogen) atoms. The third-order valence-corrected chi connectivity index (χ3v) is 3.50. The lowest BCUT2D eigenvalue weighted by Crippen LogP contribution is -2.20. The van der Waals surface area contributed by atoms with Crippen LogP contribution in [0.3, 0.4) is 0 Å². The zero-order valence-corrected chi connectivity index (χ0v) is 11.2. The number of hydrogen-bond acceptors (Lipinski definition) is 3. The molecule has 1 aromatic heterocycles. The van der Waals surface area contributed by atoms with Crippen LogP contribution in [-0.2, 0) is 4.79 Å². The SMILES string of the molecule is CCCC1CCN(c2ccc(/C=C/C(=O)O)cn2)C1. The molecule has 1 saturated heterocycles. The first-order valence-electron chi connectivity index (χ1n) is 6.81. The second-order valence-corrected chi connectivity index (χ2v) is 5.01. The predicted octanol–water partition coefficient (Wildman–Crippen LogP) is 2.81. The Hall–Kier alpha value is -1.84. The van der Waals surface area contributed by atoms with Crippen molar-refractivity contribution in [3.63, 3.8) is 0 Å². The number of carboxylic acid groups (broad SMARTS) is 1. The fourth-order valence-electron chi connectivity index (χ4n) is 2.54. The summed E-state index contributed by atoms with van der Waals surface area (Å²) in [5, 5.41) is 8.57. The second kappa shape index (κ2) is 6.36. The summed E-state index contributed by atoms with van der Waals surface area (Å²) in [5.74, 6) is 0.843. The Bertz CT molecular complexity index is 454. The van der Waals surface area contributed by atoms with Crippen LogP contribution in [0.2, 0.25) is 0 Å². The minimum atomic E-state index is -0.939. The maximum atomic E-state index is 10.4. The molecule has 0 aliphatic carbocycles. The van der Waals surface area contributed by atoms with Crippen molar-refractivity contribution in [2.45, 2.75) is 26.2 Å². The van der Waals surface area contributed by atoms with Crippen LogP contribution in [0.25, 0.3) is 6.08 Å². The highest BCUT2D eigenvalue weighted by molar-refractivity contribution is 5.85. The lowest BCUT2D eigenvalue weighted by Gasteiger charge is -2.17. The van der Waals surface area contributed by atoms with Gasteiger partial charge in [0, 0.05) is 25.4 Å². The van der Waals surface area contributed by atoms with E-state index in [1.54, 1.807) is 12.3 Å². The molecule has 4 heteroatoms. The van der Waals surface area contributed by atoms with E-state index in [0.29, 0.717) is 0 Å². The monoisotopic (exact) mass is 260 g/mol. The first-order chi connectivity index (χ1) is 9.19. The number of hydrogen-bond donors (Lipinski definition) is 1. The van der Waals surface area contributed by atoms with Gasteiger partial charge in [0.2, 0.25) is 0 Å². The Balaban J connectivity index is 1.97. The van der Waals surface area contributed by atoms with E-state index in [9.17, 15) is 4.79 Å². The minimum absolute atomic E-state index is 0.790. The molecule has 1 atom stereocenters. The van der Waals surface area contributed by atoms with E-state index in [2.05, 4.69) is 16.8 Å². The molecule has 0 spiro atoms. The average molecular weight is 260 g/mol. The molecule has 0 amide bonds. The van der Waals surface area contributed by atoms with E-state index in [1.807, 2.05) is 12.1 Å². The third kappa shape index (κ3) is 3.81. The van der Waals surface area contributed by atoms with Crippen molar-refractivity contribution in [1.29, 1.82) is 0 Å². The van der Waals surface area contributed by atoms with Gasteiger partial charge in [0.15, 0.2) is 0 Å². The van der Waals surface area contributed by atoms with Crippen molar-refractivity contribution in [3.8, 4) is 0 Å². The molecule has 1 aromatic rings. The summed E-state index contributed by atoms with van der Waals surface area (Å²) in [6, 6.07) is 3.88. The Kier molecular flexibility index (Phi) is 4.55. The number of pyridine rings is 1. The Morgan fingerprint density at radius 3 is 3.05 bits per heavy atom. The highest BCUT2D eigenvalue weighted by atomic mass is 16.4. The molecule has 102 valence electrons. The number of aromatic nitrogens is 1. The highest BCUT2D eigenvalue weighted by Crippen LogP contribution is 2.25. The molecule has 0 bridgehead atoms. The summed E-state index contributed by atoms with van der Waals surface area (Å²) in [6.07, 6.45) is 8.19. The molecule has 2 rings (SSSR count). The molecule has 1 aliphatic heterocycles. The molecule has 2 heterocycles. The van der Waals surface area contributed by atoms with Crippen LogP contribution in [0.4, 0.5) is 5.82 Å².